The number of carbonyl (C=O) groups is 2. The smallest absolute Gasteiger partial charge is 0.238 e. The minimum absolute atomic E-state index is 0.0620. The number of primary amides is 1. The fourth-order valence-electron chi connectivity index (χ4n) is 2.54. The number of hydrogen-bond acceptors (Lipinski definition) is 3. The fraction of sp³-hybridized carbons (Fsp3) is 0.846. The van der Waals surface area contributed by atoms with Crippen LogP contribution in [0, 0.1) is 11.3 Å². The Morgan fingerprint density at radius 3 is 2.72 bits per heavy atom. The second-order valence-corrected chi connectivity index (χ2v) is 5.43. The van der Waals surface area contributed by atoms with Crippen molar-refractivity contribution in [1.82, 2.24) is 4.90 Å². The van der Waals surface area contributed by atoms with Crippen LogP contribution in [0.3, 0.4) is 0 Å². The number of likely N-dealkylation sites (tertiary alicyclic amines) is 1. The highest BCUT2D eigenvalue weighted by Gasteiger charge is 2.57. The molecule has 1 saturated carbocycles. The zero-order valence-corrected chi connectivity index (χ0v) is 11.0. The van der Waals surface area contributed by atoms with E-state index in [1.807, 2.05) is 0 Å². The van der Waals surface area contributed by atoms with E-state index >= 15 is 0 Å². The third kappa shape index (κ3) is 2.51. The van der Waals surface area contributed by atoms with Crippen LogP contribution in [0.4, 0.5) is 0 Å². The minimum atomic E-state index is -0.862. The number of nitrogens with two attached hydrogens (primary N) is 1. The summed E-state index contributed by atoms with van der Waals surface area (Å²) in [6, 6.07) is 0. The lowest BCUT2D eigenvalue weighted by atomic mass is 10.1. The van der Waals surface area contributed by atoms with Crippen LogP contribution in [0.5, 0.6) is 0 Å². The number of rotatable bonds is 6. The van der Waals surface area contributed by atoms with Gasteiger partial charge in [-0.2, -0.15) is 0 Å². The summed E-state index contributed by atoms with van der Waals surface area (Å²) >= 11 is 0. The van der Waals surface area contributed by atoms with Gasteiger partial charge in [0.1, 0.15) is 5.41 Å². The van der Waals surface area contributed by atoms with Gasteiger partial charge in [-0.1, -0.05) is 6.92 Å². The van der Waals surface area contributed by atoms with Gasteiger partial charge in [-0.15, -0.1) is 0 Å². The summed E-state index contributed by atoms with van der Waals surface area (Å²) < 4.78 is 5.51. The summed E-state index contributed by atoms with van der Waals surface area (Å²) in [6.07, 6.45) is 3.22. The maximum Gasteiger partial charge on any atom is 0.238 e. The summed E-state index contributed by atoms with van der Waals surface area (Å²) in [6.45, 7) is 5.00. The van der Waals surface area contributed by atoms with Crippen molar-refractivity contribution < 1.29 is 14.3 Å². The molecule has 2 N–H and O–H groups in total. The van der Waals surface area contributed by atoms with Crippen LogP contribution in [0.2, 0.25) is 0 Å². The molecule has 0 aromatic rings. The molecule has 0 aromatic carbocycles. The van der Waals surface area contributed by atoms with Gasteiger partial charge in [0.15, 0.2) is 0 Å². The molecule has 0 spiro atoms. The lowest BCUT2D eigenvalue weighted by Crippen LogP contribution is -2.42. The standard InChI is InChI=1S/C13H22N2O3/c1-2-7-18-9-10-3-6-15(8-10)12(17)13(4-5-13)11(14)16/h10H,2-9H2,1H3,(H2,14,16)/t10-/m1/s1. The highest BCUT2D eigenvalue weighted by molar-refractivity contribution is 6.07. The molecule has 2 amide bonds. The quantitative estimate of drug-likeness (QED) is 0.555. The Balaban J connectivity index is 1.82. The van der Waals surface area contributed by atoms with Gasteiger partial charge in [0.2, 0.25) is 11.8 Å². The van der Waals surface area contributed by atoms with Crippen molar-refractivity contribution >= 4 is 11.8 Å². The zero-order valence-electron chi connectivity index (χ0n) is 11.0. The minimum Gasteiger partial charge on any atom is -0.381 e. The van der Waals surface area contributed by atoms with E-state index in [0.717, 1.165) is 26.0 Å². The maximum atomic E-state index is 12.2. The lowest BCUT2D eigenvalue weighted by molar-refractivity contribution is -0.142. The molecule has 5 heteroatoms. The average molecular weight is 254 g/mol. The van der Waals surface area contributed by atoms with Crippen molar-refractivity contribution in [2.24, 2.45) is 17.1 Å². The van der Waals surface area contributed by atoms with E-state index < -0.39 is 11.3 Å². The highest BCUT2D eigenvalue weighted by atomic mass is 16.5. The first kappa shape index (κ1) is 13.3. The summed E-state index contributed by atoms with van der Waals surface area (Å²) in [7, 11) is 0. The van der Waals surface area contributed by atoms with E-state index in [4.69, 9.17) is 10.5 Å². The van der Waals surface area contributed by atoms with Crippen molar-refractivity contribution in [2.75, 3.05) is 26.3 Å². The molecule has 1 atom stereocenters. The predicted molar refractivity (Wildman–Crippen MR) is 66.7 cm³/mol. The van der Waals surface area contributed by atoms with Crippen molar-refractivity contribution in [2.45, 2.75) is 32.6 Å². The second kappa shape index (κ2) is 5.26. The van der Waals surface area contributed by atoms with E-state index in [2.05, 4.69) is 6.92 Å². The predicted octanol–water partition coefficient (Wildman–Crippen LogP) is 0.527. The van der Waals surface area contributed by atoms with Crippen molar-refractivity contribution in [1.29, 1.82) is 0 Å². The van der Waals surface area contributed by atoms with Crippen LogP contribution < -0.4 is 5.73 Å². The Morgan fingerprint density at radius 1 is 1.44 bits per heavy atom. The van der Waals surface area contributed by atoms with E-state index in [0.29, 0.717) is 31.9 Å². The SMILES string of the molecule is CCCOC[C@@H]1CCN(C(=O)C2(C(N)=O)CC2)C1. The third-order valence-electron chi connectivity index (χ3n) is 3.91. The molecule has 0 radical (unpaired) electrons. The van der Waals surface area contributed by atoms with Gasteiger partial charge >= 0.3 is 0 Å². The molecule has 1 heterocycles. The molecule has 102 valence electrons. The summed E-state index contributed by atoms with van der Waals surface area (Å²) in [5.41, 5.74) is 4.46. The molecule has 2 rings (SSSR count). The molecule has 18 heavy (non-hydrogen) atoms. The Labute approximate surface area is 108 Å². The first-order chi connectivity index (χ1) is 8.60. The monoisotopic (exact) mass is 254 g/mol. The molecule has 0 aromatic heterocycles. The summed E-state index contributed by atoms with van der Waals surface area (Å²) in [5.74, 6) is -0.115. The zero-order chi connectivity index (χ0) is 13.2. The van der Waals surface area contributed by atoms with Gasteiger partial charge in [-0.05, 0) is 25.7 Å². The highest BCUT2D eigenvalue weighted by Crippen LogP contribution is 2.47. The first-order valence-electron chi connectivity index (χ1n) is 6.77. The van der Waals surface area contributed by atoms with Gasteiger partial charge in [-0.3, -0.25) is 9.59 Å². The van der Waals surface area contributed by atoms with E-state index in [9.17, 15) is 9.59 Å². The van der Waals surface area contributed by atoms with Crippen molar-refractivity contribution in [3.05, 3.63) is 0 Å². The molecule has 0 bridgehead atoms. The van der Waals surface area contributed by atoms with E-state index in [-0.39, 0.29) is 5.91 Å². The number of carbonyl (C=O) groups excluding carboxylic acids is 2. The molecular formula is C13H22N2O3. The Kier molecular flexibility index (Phi) is 3.90. The number of amides is 2. The average Bonchev–Trinajstić information content (AvgIpc) is 3.03. The summed E-state index contributed by atoms with van der Waals surface area (Å²) in [5, 5.41) is 0. The van der Waals surface area contributed by atoms with Crippen LogP contribution >= 0.6 is 0 Å². The molecule has 1 aliphatic carbocycles. The number of nitrogens with zero attached hydrogens (tertiary/aromatic N) is 1. The van der Waals surface area contributed by atoms with E-state index in [1.54, 1.807) is 4.90 Å². The molecule has 1 aliphatic heterocycles. The largest absolute Gasteiger partial charge is 0.381 e. The lowest BCUT2D eigenvalue weighted by Gasteiger charge is -2.21. The molecule has 2 fully saturated rings. The van der Waals surface area contributed by atoms with Gasteiger partial charge in [0.05, 0.1) is 6.61 Å². The summed E-state index contributed by atoms with van der Waals surface area (Å²) in [4.78, 5) is 25.3. The fourth-order valence-corrected chi connectivity index (χ4v) is 2.54. The van der Waals surface area contributed by atoms with Gasteiger partial charge in [0.25, 0.3) is 0 Å². The van der Waals surface area contributed by atoms with Gasteiger partial charge in [0, 0.05) is 25.6 Å². The normalized spacial score (nSPS) is 25.2. The molecule has 0 unspecified atom stereocenters. The number of hydrogen-bond donors (Lipinski definition) is 1. The third-order valence-corrected chi connectivity index (χ3v) is 3.91. The van der Waals surface area contributed by atoms with Crippen molar-refractivity contribution in [3.63, 3.8) is 0 Å². The molecule has 1 saturated heterocycles. The van der Waals surface area contributed by atoms with E-state index in [1.165, 1.54) is 0 Å². The van der Waals surface area contributed by atoms with Gasteiger partial charge in [-0.25, -0.2) is 0 Å². The Morgan fingerprint density at radius 2 is 2.17 bits per heavy atom. The van der Waals surface area contributed by atoms with Crippen molar-refractivity contribution in [3.8, 4) is 0 Å². The van der Waals surface area contributed by atoms with Crippen LogP contribution in [0.25, 0.3) is 0 Å². The molecule has 2 aliphatic rings. The molecule has 5 nitrogen and oxygen atoms in total. The first-order valence-corrected chi connectivity index (χ1v) is 6.77. The Hall–Kier alpha value is -1.10. The van der Waals surface area contributed by atoms with Crippen LogP contribution in [-0.2, 0) is 14.3 Å². The topological polar surface area (TPSA) is 72.6 Å². The van der Waals surface area contributed by atoms with Crippen LogP contribution in [0.1, 0.15) is 32.6 Å². The maximum absolute atomic E-state index is 12.2. The Bertz CT molecular complexity index is 339. The second-order valence-electron chi connectivity index (χ2n) is 5.43. The number of ether oxygens (including phenoxy) is 1. The van der Waals surface area contributed by atoms with Crippen LogP contribution in [-0.4, -0.2) is 43.0 Å². The van der Waals surface area contributed by atoms with Gasteiger partial charge < -0.3 is 15.4 Å². The van der Waals surface area contributed by atoms with Crippen LogP contribution in [0.15, 0.2) is 0 Å². The molecular weight excluding hydrogens is 232 g/mol.